The van der Waals surface area contributed by atoms with E-state index >= 15 is 0 Å². The smallest absolute Gasteiger partial charge is 0.259 e. The Bertz CT molecular complexity index is 963. The van der Waals surface area contributed by atoms with Gasteiger partial charge in [-0.25, -0.2) is 0 Å². The van der Waals surface area contributed by atoms with Crippen LogP contribution in [0.3, 0.4) is 0 Å². The van der Waals surface area contributed by atoms with Crippen molar-refractivity contribution >= 4 is 17.3 Å². The molecular weight excluding hydrogens is 378 g/mol. The number of ether oxygens (including phenoxy) is 1. The van der Waals surface area contributed by atoms with Gasteiger partial charge >= 0.3 is 0 Å². The summed E-state index contributed by atoms with van der Waals surface area (Å²) < 4.78 is 10.7. The van der Waals surface area contributed by atoms with E-state index in [-0.39, 0.29) is 5.91 Å². The highest BCUT2D eigenvalue weighted by atomic mass is 16.5. The van der Waals surface area contributed by atoms with Gasteiger partial charge < -0.3 is 24.7 Å². The number of methoxy groups -OCH3 is 1. The standard InChI is InChI=1S/C24H27N3O3/c1-29-23-10-3-2-9-22(23)24(28)26-19-6-4-7-20(16-19)27-13-11-18(12-14-27)25-17-21-8-5-15-30-21/h2-10,15-16,18,25H,11-14,17H2,1H3,(H,26,28). The summed E-state index contributed by atoms with van der Waals surface area (Å²) in [5.41, 5.74) is 2.42. The van der Waals surface area contributed by atoms with E-state index in [9.17, 15) is 4.79 Å². The molecule has 0 aliphatic carbocycles. The second-order valence-electron chi connectivity index (χ2n) is 7.43. The van der Waals surface area contributed by atoms with E-state index in [0.29, 0.717) is 17.4 Å². The molecule has 2 aromatic carbocycles. The molecule has 0 saturated carbocycles. The number of benzene rings is 2. The molecule has 6 heteroatoms. The Labute approximate surface area is 176 Å². The average molecular weight is 405 g/mol. The first-order chi connectivity index (χ1) is 14.7. The molecule has 1 aromatic heterocycles. The molecule has 0 radical (unpaired) electrons. The van der Waals surface area contributed by atoms with Crippen molar-refractivity contribution in [2.75, 3.05) is 30.4 Å². The van der Waals surface area contributed by atoms with E-state index in [1.54, 1.807) is 25.5 Å². The van der Waals surface area contributed by atoms with E-state index < -0.39 is 0 Å². The third-order valence-electron chi connectivity index (χ3n) is 5.46. The highest BCUT2D eigenvalue weighted by Gasteiger charge is 2.20. The van der Waals surface area contributed by atoms with Gasteiger partial charge in [0.25, 0.3) is 5.91 Å². The monoisotopic (exact) mass is 405 g/mol. The average Bonchev–Trinajstić information content (AvgIpc) is 3.32. The van der Waals surface area contributed by atoms with E-state index in [2.05, 4.69) is 21.6 Å². The van der Waals surface area contributed by atoms with Gasteiger partial charge in [0.05, 0.1) is 25.5 Å². The van der Waals surface area contributed by atoms with Crippen molar-refractivity contribution in [1.82, 2.24) is 5.32 Å². The minimum atomic E-state index is -0.176. The van der Waals surface area contributed by atoms with E-state index in [1.807, 2.05) is 42.5 Å². The Kier molecular flexibility index (Phi) is 6.35. The second-order valence-corrected chi connectivity index (χ2v) is 7.43. The lowest BCUT2D eigenvalue weighted by Gasteiger charge is -2.34. The molecule has 1 fully saturated rings. The number of hydrogen-bond acceptors (Lipinski definition) is 5. The lowest BCUT2D eigenvalue weighted by atomic mass is 10.0. The Balaban J connectivity index is 1.34. The number of piperidine rings is 1. The summed E-state index contributed by atoms with van der Waals surface area (Å²) in [6.45, 7) is 2.71. The predicted octanol–water partition coefficient (Wildman–Crippen LogP) is 4.30. The van der Waals surface area contributed by atoms with Gasteiger partial charge in [-0.2, -0.15) is 0 Å². The number of amides is 1. The van der Waals surface area contributed by atoms with Gasteiger partial charge in [-0.15, -0.1) is 0 Å². The Hall–Kier alpha value is -3.25. The van der Waals surface area contributed by atoms with Crippen molar-refractivity contribution < 1.29 is 13.9 Å². The SMILES string of the molecule is COc1ccccc1C(=O)Nc1cccc(N2CCC(NCc3ccco3)CC2)c1. The first-order valence-electron chi connectivity index (χ1n) is 10.3. The molecule has 1 saturated heterocycles. The van der Waals surface area contributed by atoms with Crippen molar-refractivity contribution in [2.24, 2.45) is 0 Å². The molecule has 0 spiro atoms. The minimum Gasteiger partial charge on any atom is -0.496 e. The Morgan fingerprint density at radius 2 is 1.93 bits per heavy atom. The number of nitrogens with zero attached hydrogens (tertiary/aromatic N) is 1. The van der Waals surface area contributed by atoms with Crippen LogP contribution < -0.4 is 20.3 Å². The van der Waals surface area contributed by atoms with Crippen LogP contribution in [0.15, 0.2) is 71.3 Å². The first kappa shape index (κ1) is 20.0. The van der Waals surface area contributed by atoms with Gasteiger partial charge in [-0.05, 0) is 55.3 Å². The summed E-state index contributed by atoms with van der Waals surface area (Å²) in [6.07, 6.45) is 3.84. The molecule has 3 aromatic rings. The van der Waals surface area contributed by atoms with E-state index in [1.165, 1.54) is 0 Å². The van der Waals surface area contributed by atoms with Crippen molar-refractivity contribution in [3.05, 3.63) is 78.3 Å². The molecule has 1 aliphatic heterocycles. The fraction of sp³-hybridized carbons (Fsp3) is 0.292. The van der Waals surface area contributed by atoms with Crippen LogP contribution in [-0.4, -0.2) is 32.1 Å². The van der Waals surface area contributed by atoms with Crippen LogP contribution in [-0.2, 0) is 6.54 Å². The zero-order chi connectivity index (χ0) is 20.8. The maximum absolute atomic E-state index is 12.7. The fourth-order valence-electron chi connectivity index (χ4n) is 3.81. The normalized spacial score (nSPS) is 14.5. The van der Waals surface area contributed by atoms with Crippen LogP contribution >= 0.6 is 0 Å². The number of nitrogens with one attached hydrogen (secondary N) is 2. The molecule has 6 nitrogen and oxygen atoms in total. The predicted molar refractivity (Wildman–Crippen MR) is 118 cm³/mol. The third-order valence-corrected chi connectivity index (χ3v) is 5.46. The van der Waals surface area contributed by atoms with Crippen LogP contribution in [0.5, 0.6) is 5.75 Å². The number of hydrogen-bond donors (Lipinski definition) is 2. The Morgan fingerprint density at radius 3 is 2.70 bits per heavy atom. The van der Waals surface area contributed by atoms with Crippen molar-refractivity contribution in [2.45, 2.75) is 25.4 Å². The first-order valence-corrected chi connectivity index (χ1v) is 10.3. The van der Waals surface area contributed by atoms with Gasteiger partial charge in [0, 0.05) is 30.5 Å². The Morgan fingerprint density at radius 1 is 1.10 bits per heavy atom. The fourth-order valence-corrected chi connectivity index (χ4v) is 3.81. The van der Waals surface area contributed by atoms with Crippen LogP contribution in [0.25, 0.3) is 0 Å². The van der Waals surface area contributed by atoms with E-state index in [0.717, 1.165) is 49.6 Å². The highest BCUT2D eigenvalue weighted by Crippen LogP contribution is 2.25. The topological polar surface area (TPSA) is 66.7 Å². The molecule has 156 valence electrons. The number of anilines is 2. The van der Waals surface area contributed by atoms with E-state index in [4.69, 9.17) is 9.15 Å². The van der Waals surface area contributed by atoms with Gasteiger partial charge in [0.1, 0.15) is 11.5 Å². The number of para-hydroxylation sites is 1. The van der Waals surface area contributed by atoms with Gasteiger partial charge in [-0.1, -0.05) is 18.2 Å². The van der Waals surface area contributed by atoms with Gasteiger partial charge in [0.15, 0.2) is 0 Å². The molecule has 0 atom stereocenters. The largest absolute Gasteiger partial charge is 0.496 e. The second kappa shape index (κ2) is 9.50. The molecule has 2 N–H and O–H groups in total. The van der Waals surface area contributed by atoms with Crippen LogP contribution in [0.2, 0.25) is 0 Å². The molecule has 4 rings (SSSR count). The van der Waals surface area contributed by atoms with Crippen LogP contribution in [0.4, 0.5) is 11.4 Å². The molecule has 0 unspecified atom stereocenters. The number of carbonyl (C=O) groups excluding carboxylic acids is 1. The number of furan rings is 1. The highest BCUT2D eigenvalue weighted by molar-refractivity contribution is 6.06. The summed E-state index contributed by atoms with van der Waals surface area (Å²) in [7, 11) is 1.57. The zero-order valence-corrected chi connectivity index (χ0v) is 17.1. The lowest BCUT2D eigenvalue weighted by Crippen LogP contribution is -2.42. The quantitative estimate of drug-likeness (QED) is 0.614. The summed E-state index contributed by atoms with van der Waals surface area (Å²) in [5, 5.41) is 6.56. The summed E-state index contributed by atoms with van der Waals surface area (Å²) in [4.78, 5) is 15.0. The van der Waals surface area contributed by atoms with Crippen molar-refractivity contribution in [1.29, 1.82) is 0 Å². The lowest BCUT2D eigenvalue weighted by molar-refractivity contribution is 0.102. The molecular formula is C24H27N3O3. The molecule has 30 heavy (non-hydrogen) atoms. The summed E-state index contributed by atoms with van der Waals surface area (Å²) in [6, 6.07) is 19.6. The molecule has 1 amide bonds. The third kappa shape index (κ3) is 4.83. The maximum atomic E-state index is 12.7. The number of rotatable bonds is 7. The molecule has 0 bridgehead atoms. The number of carbonyl (C=O) groups is 1. The van der Waals surface area contributed by atoms with Crippen LogP contribution in [0.1, 0.15) is 29.0 Å². The molecule has 1 aliphatic rings. The van der Waals surface area contributed by atoms with Crippen LogP contribution in [0, 0.1) is 0 Å². The summed E-state index contributed by atoms with van der Waals surface area (Å²) >= 11 is 0. The van der Waals surface area contributed by atoms with Crippen molar-refractivity contribution in [3.63, 3.8) is 0 Å². The summed E-state index contributed by atoms with van der Waals surface area (Å²) in [5.74, 6) is 1.36. The van der Waals surface area contributed by atoms with Gasteiger partial charge in [0.2, 0.25) is 0 Å². The van der Waals surface area contributed by atoms with Gasteiger partial charge in [-0.3, -0.25) is 4.79 Å². The maximum Gasteiger partial charge on any atom is 0.259 e. The minimum absolute atomic E-state index is 0.176. The zero-order valence-electron chi connectivity index (χ0n) is 17.1. The van der Waals surface area contributed by atoms with Crippen molar-refractivity contribution in [3.8, 4) is 5.75 Å². The molecule has 2 heterocycles.